The second-order valence-corrected chi connectivity index (χ2v) is 3.01. The topological polar surface area (TPSA) is 76.8 Å². The van der Waals surface area contributed by atoms with E-state index in [2.05, 4.69) is 15.2 Å². The smallest absolute Gasteiger partial charge is 0.155 e. The Kier molecular flexibility index (Phi) is 5.36. The van der Waals surface area contributed by atoms with Crippen LogP contribution in [0.3, 0.4) is 0 Å². The molecule has 2 rings (SSSR count). The van der Waals surface area contributed by atoms with Crippen molar-refractivity contribution in [3.05, 3.63) is 11.6 Å². The minimum atomic E-state index is -0.0915. The Morgan fingerprint density at radius 1 is 1.50 bits per heavy atom. The molecule has 1 aliphatic heterocycles. The minimum Gasteiger partial charge on any atom is -0.369 e. The van der Waals surface area contributed by atoms with Crippen molar-refractivity contribution in [2.75, 3.05) is 6.61 Å². The van der Waals surface area contributed by atoms with Crippen molar-refractivity contribution >= 4 is 24.8 Å². The number of nitrogens with two attached hydrogens (primary N) is 1. The number of hydrogen-bond acceptors (Lipinski definition) is 4. The zero-order valence-electron chi connectivity index (χ0n) is 7.77. The Morgan fingerprint density at radius 2 is 2.21 bits per heavy atom. The van der Waals surface area contributed by atoms with E-state index < -0.39 is 0 Å². The fourth-order valence-electron chi connectivity index (χ4n) is 1.38. The largest absolute Gasteiger partial charge is 0.369 e. The third kappa shape index (κ3) is 2.57. The summed E-state index contributed by atoms with van der Waals surface area (Å²) in [5, 5.41) is 6.74. The highest BCUT2D eigenvalue weighted by Crippen LogP contribution is 2.24. The summed E-state index contributed by atoms with van der Waals surface area (Å²) in [7, 11) is 0. The van der Waals surface area contributed by atoms with Gasteiger partial charge in [-0.3, -0.25) is 5.10 Å². The molecular weight excluding hydrogens is 227 g/mol. The van der Waals surface area contributed by atoms with Crippen LogP contribution in [0.15, 0.2) is 0 Å². The van der Waals surface area contributed by atoms with Gasteiger partial charge in [0.2, 0.25) is 0 Å². The van der Waals surface area contributed by atoms with Crippen LogP contribution in [-0.2, 0) is 4.74 Å². The maximum absolute atomic E-state index is 5.81. The lowest BCUT2D eigenvalue weighted by atomic mass is 10.1. The SMILES string of the molecule is Cc1n[nH]c([C@@H]2OCC[C@@H]2N)n1.Cl.Cl. The highest BCUT2D eigenvalue weighted by Gasteiger charge is 2.28. The molecule has 82 valence electrons. The molecule has 0 saturated carbocycles. The predicted octanol–water partition coefficient (Wildman–Crippen LogP) is 0.745. The lowest BCUT2D eigenvalue weighted by Crippen LogP contribution is -2.24. The summed E-state index contributed by atoms with van der Waals surface area (Å²) in [4.78, 5) is 4.17. The predicted molar refractivity (Wildman–Crippen MR) is 56.9 cm³/mol. The molecule has 2 atom stereocenters. The zero-order chi connectivity index (χ0) is 8.55. The first-order valence-electron chi connectivity index (χ1n) is 4.03. The number of ether oxygens (including phenoxy) is 1. The Hall–Kier alpha value is -0.360. The van der Waals surface area contributed by atoms with E-state index in [4.69, 9.17) is 10.5 Å². The van der Waals surface area contributed by atoms with Crippen molar-refractivity contribution in [1.82, 2.24) is 15.2 Å². The van der Waals surface area contributed by atoms with Gasteiger partial charge < -0.3 is 10.5 Å². The molecule has 0 spiro atoms. The second kappa shape index (κ2) is 5.50. The molecule has 0 aliphatic carbocycles. The van der Waals surface area contributed by atoms with Gasteiger partial charge in [-0.25, -0.2) is 4.98 Å². The highest BCUT2D eigenvalue weighted by atomic mass is 35.5. The maximum Gasteiger partial charge on any atom is 0.155 e. The van der Waals surface area contributed by atoms with E-state index >= 15 is 0 Å². The molecule has 1 saturated heterocycles. The number of H-pyrrole nitrogens is 1. The summed E-state index contributed by atoms with van der Waals surface area (Å²) in [6, 6.07) is 0.0531. The quantitative estimate of drug-likeness (QED) is 0.760. The molecule has 0 aromatic carbocycles. The molecule has 1 aliphatic rings. The molecular formula is C7H14Cl2N4O. The summed E-state index contributed by atoms with van der Waals surface area (Å²) in [5.41, 5.74) is 5.81. The highest BCUT2D eigenvalue weighted by molar-refractivity contribution is 5.85. The van der Waals surface area contributed by atoms with E-state index in [0.29, 0.717) is 6.61 Å². The maximum atomic E-state index is 5.81. The van der Waals surface area contributed by atoms with Crippen molar-refractivity contribution in [3.63, 3.8) is 0 Å². The fourth-order valence-corrected chi connectivity index (χ4v) is 1.38. The number of hydrogen-bond donors (Lipinski definition) is 2. The van der Waals surface area contributed by atoms with Crippen LogP contribution >= 0.6 is 24.8 Å². The number of nitrogens with one attached hydrogen (secondary N) is 1. The number of halogens is 2. The van der Waals surface area contributed by atoms with E-state index in [0.717, 1.165) is 18.1 Å². The van der Waals surface area contributed by atoms with Gasteiger partial charge in [0.15, 0.2) is 5.82 Å². The Balaban J connectivity index is 0.000000845. The third-order valence-corrected chi connectivity index (χ3v) is 2.02. The van der Waals surface area contributed by atoms with Crippen molar-refractivity contribution in [2.45, 2.75) is 25.5 Å². The van der Waals surface area contributed by atoms with Gasteiger partial charge >= 0.3 is 0 Å². The first-order valence-corrected chi connectivity index (χ1v) is 4.03. The van der Waals surface area contributed by atoms with Crippen LogP contribution in [0.4, 0.5) is 0 Å². The fraction of sp³-hybridized carbons (Fsp3) is 0.714. The first kappa shape index (κ1) is 13.6. The summed E-state index contributed by atoms with van der Waals surface area (Å²) < 4.78 is 5.41. The van der Waals surface area contributed by atoms with Gasteiger partial charge in [-0.15, -0.1) is 24.8 Å². The van der Waals surface area contributed by atoms with E-state index in [9.17, 15) is 0 Å². The molecule has 7 heteroatoms. The molecule has 0 unspecified atom stereocenters. The molecule has 2 heterocycles. The van der Waals surface area contributed by atoms with E-state index in [1.807, 2.05) is 6.92 Å². The third-order valence-electron chi connectivity index (χ3n) is 2.02. The number of rotatable bonds is 1. The summed E-state index contributed by atoms with van der Waals surface area (Å²) in [6.45, 7) is 2.55. The molecule has 1 aromatic rings. The van der Waals surface area contributed by atoms with E-state index in [1.54, 1.807) is 0 Å². The van der Waals surface area contributed by atoms with Gasteiger partial charge in [-0.2, -0.15) is 5.10 Å². The van der Waals surface area contributed by atoms with Crippen LogP contribution in [0.2, 0.25) is 0 Å². The van der Waals surface area contributed by atoms with Gasteiger partial charge in [0.1, 0.15) is 11.9 Å². The summed E-state index contributed by atoms with van der Waals surface area (Å²) in [5.74, 6) is 1.48. The van der Waals surface area contributed by atoms with E-state index in [1.165, 1.54) is 0 Å². The Labute approximate surface area is 94.6 Å². The summed E-state index contributed by atoms with van der Waals surface area (Å²) >= 11 is 0. The monoisotopic (exact) mass is 240 g/mol. The van der Waals surface area contributed by atoms with Crippen molar-refractivity contribution in [3.8, 4) is 0 Å². The summed E-state index contributed by atoms with van der Waals surface area (Å²) in [6.07, 6.45) is 0.802. The molecule has 0 bridgehead atoms. The number of nitrogens with zero attached hydrogens (tertiary/aromatic N) is 2. The zero-order valence-corrected chi connectivity index (χ0v) is 9.40. The molecule has 0 amide bonds. The standard InChI is InChI=1S/C7H12N4O.2ClH/c1-4-9-7(11-10-4)6-5(8)2-3-12-6;;/h5-6H,2-3,8H2,1H3,(H,9,10,11);2*1H/t5-,6+;;/m0../s1. The number of aryl methyl sites for hydroxylation is 1. The van der Waals surface area contributed by atoms with Gasteiger partial charge in [0.05, 0.1) is 0 Å². The molecule has 5 nitrogen and oxygen atoms in total. The lowest BCUT2D eigenvalue weighted by molar-refractivity contribution is 0.0981. The normalized spacial score (nSPS) is 25.3. The minimum absolute atomic E-state index is 0. The van der Waals surface area contributed by atoms with Crippen LogP contribution in [-0.4, -0.2) is 27.8 Å². The van der Waals surface area contributed by atoms with Crippen LogP contribution in [0.25, 0.3) is 0 Å². The van der Waals surface area contributed by atoms with Gasteiger partial charge in [-0.05, 0) is 13.3 Å². The second-order valence-electron chi connectivity index (χ2n) is 3.01. The molecule has 14 heavy (non-hydrogen) atoms. The molecule has 3 N–H and O–H groups in total. The average Bonchev–Trinajstić information content (AvgIpc) is 2.58. The number of aromatic amines is 1. The van der Waals surface area contributed by atoms with Crippen molar-refractivity contribution in [2.24, 2.45) is 5.73 Å². The first-order chi connectivity index (χ1) is 5.77. The Morgan fingerprint density at radius 3 is 2.64 bits per heavy atom. The van der Waals surface area contributed by atoms with Crippen molar-refractivity contribution in [1.29, 1.82) is 0 Å². The van der Waals surface area contributed by atoms with Crippen LogP contribution < -0.4 is 5.73 Å². The van der Waals surface area contributed by atoms with Crippen LogP contribution in [0.1, 0.15) is 24.2 Å². The molecule has 1 aromatic heterocycles. The number of aromatic nitrogens is 3. The lowest BCUT2D eigenvalue weighted by Gasteiger charge is -2.09. The van der Waals surface area contributed by atoms with Crippen LogP contribution in [0.5, 0.6) is 0 Å². The van der Waals surface area contributed by atoms with Crippen molar-refractivity contribution < 1.29 is 4.74 Å². The van der Waals surface area contributed by atoms with Gasteiger partial charge in [0, 0.05) is 12.6 Å². The van der Waals surface area contributed by atoms with Gasteiger partial charge in [0.25, 0.3) is 0 Å². The van der Waals surface area contributed by atoms with Crippen LogP contribution in [0, 0.1) is 6.92 Å². The molecule has 1 fully saturated rings. The average molecular weight is 241 g/mol. The molecule has 0 radical (unpaired) electrons. The Bertz CT molecular complexity index is 280. The van der Waals surface area contributed by atoms with E-state index in [-0.39, 0.29) is 37.0 Å². The van der Waals surface area contributed by atoms with Gasteiger partial charge in [-0.1, -0.05) is 0 Å².